The Morgan fingerprint density at radius 3 is 2.42 bits per heavy atom. The van der Waals surface area contributed by atoms with Gasteiger partial charge >= 0.3 is 0 Å². The topological polar surface area (TPSA) is 50.2 Å². The van der Waals surface area contributed by atoms with Crippen LogP contribution in [-0.2, 0) is 11.5 Å². The highest BCUT2D eigenvalue weighted by atomic mass is 35.5. The lowest BCUT2D eigenvalue weighted by Crippen LogP contribution is -3.00. The fourth-order valence-corrected chi connectivity index (χ4v) is 0.750. The molecule has 0 aliphatic heterocycles. The summed E-state index contributed by atoms with van der Waals surface area (Å²) in [6, 6.07) is 5.65. The van der Waals surface area contributed by atoms with Crippen LogP contribution in [0.2, 0.25) is 0 Å². The smallest absolute Gasteiger partial charge is 0.239 e. The predicted octanol–water partition coefficient (Wildman–Crippen LogP) is -3.73. The highest BCUT2D eigenvalue weighted by molar-refractivity contribution is 5.44. The van der Waals surface area contributed by atoms with Gasteiger partial charge in [-0.15, -0.1) is 0 Å². The van der Waals surface area contributed by atoms with Crippen molar-refractivity contribution in [2.45, 2.75) is 6.67 Å². The largest absolute Gasteiger partial charge is 1.00 e. The van der Waals surface area contributed by atoms with Crippen LogP contribution in [0.4, 0.5) is 0 Å². The number of pyridine rings is 1. The van der Waals surface area contributed by atoms with Crippen molar-refractivity contribution in [2.75, 3.05) is 0 Å². The summed E-state index contributed by atoms with van der Waals surface area (Å²) in [4.78, 5) is 10.1. The van der Waals surface area contributed by atoms with Gasteiger partial charge in [0.1, 0.15) is 0 Å². The van der Waals surface area contributed by atoms with Crippen molar-refractivity contribution in [3.8, 4) is 0 Å². The normalized spacial score (nSPS) is 8.42. The second kappa shape index (κ2) is 5.51. The standard InChI is InChI=1S/C7H10N3O.ClH/c8-10(7-11)6-9-4-2-1-3-5-9;/h1-5,7H,6,8H2;1H/q+1;/p-1. The van der Waals surface area contributed by atoms with E-state index >= 15 is 0 Å². The maximum atomic E-state index is 10.1. The molecular weight excluding hydrogens is 178 g/mol. The molecule has 0 fully saturated rings. The fourth-order valence-electron chi connectivity index (χ4n) is 0.750. The van der Waals surface area contributed by atoms with E-state index in [1.54, 1.807) is 4.57 Å². The van der Waals surface area contributed by atoms with Crippen LogP contribution in [0.1, 0.15) is 0 Å². The van der Waals surface area contributed by atoms with Crippen molar-refractivity contribution in [1.82, 2.24) is 5.01 Å². The SMILES string of the molecule is NN(C=O)C[n+]1ccccc1.[Cl-]. The highest BCUT2D eigenvalue weighted by Crippen LogP contribution is 1.77. The number of aromatic nitrogens is 1. The van der Waals surface area contributed by atoms with Crippen LogP contribution in [0.3, 0.4) is 0 Å². The van der Waals surface area contributed by atoms with E-state index < -0.39 is 0 Å². The van der Waals surface area contributed by atoms with Gasteiger partial charge in [-0.3, -0.25) is 4.79 Å². The highest BCUT2D eigenvalue weighted by Gasteiger charge is 2.00. The number of carbonyl (C=O) groups excluding carboxylic acids is 1. The Morgan fingerprint density at radius 2 is 1.92 bits per heavy atom. The van der Waals surface area contributed by atoms with E-state index in [1.807, 2.05) is 30.6 Å². The zero-order valence-corrected chi connectivity index (χ0v) is 7.19. The second-order valence-corrected chi connectivity index (χ2v) is 2.15. The lowest BCUT2D eigenvalue weighted by atomic mass is 10.5. The number of carbonyl (C=O) groups is 1. The average molecular weight is 188 g/mol. The maximum Gasteiger partial charge on any atom is 0.239 e. The summed E-state index contributed by atoms with van der Waals surface area (Å²) in [5, 5.41) is 1.07. The average Bonchev–Trinajstić information content (AvgIpc) is 2.06. The summed E-state index contributed by atoms with van der Waals surface area (Å²) in [6.07, 6.45) is 4.26. The van der Waals surface area contributed by atoms with Crippen molar-refractivity contribution >= 4 is 6.41 Å². The number of amides is 1. The molecule has 1 aromatic rings. The molecule has 1 heterocycles. The van der Waals surface area contributed by atoms with Gasteiger partial charge in [0.25, 0.3) is 0 Å². The molecular formula is C7H10ClN3O. The van der Waals surface area contributed by atoms with Crippen LogP contribution in [0, 0.1) is 0 Å². The number of rotatable bonds is 3. The molecule has 0 aromatic carbocycles. The summed E-state index contributed by atoms with van der Waals surface area (Å²) < 4.78 is 1.80. The molecule has 66 valence electrons. The van der Waals surface area contributed by atoms with Gasteiger partial charge in [0, 0.05) is 12.1 Å². The Balaban J connectivity index is 0.00000121. The molecule has 0 spiro atoms. The van der Waals surface area contributed by atoms with Gasteiger partial charge in [-0.05, 0) is 0 Å². The number of nitrogens with two attached hydrogens (primary N) is 1. The molecule has 1 aromatic heterocycles. The van der Waals surface area contributed by atoms with E-state index in [2.05, 4.69) is 0 Å². The molecule has 0 aliphatic carbocycles. The molecule has 0 saturated heterocycles. The monoisotopic (exact) mass is 187 g/mol. The number of hydrogen-bond donors (Lipinski definition) is 1. The lowest BCUT2D eigenvalue weighted by molar-refractivity contribution is -0.712. The molecule has 5 heteroatoms. The van der Waals surface area contributed by atoms with Gasteiger partial charge < -0.3 is 12.4 Å². The molecule has 0 aliphatic rings. The summed E-state index contributed by atoms with van der Waals surface area (Å²) in [5.41, 5.74) is 0. The van der Waals surface area contributed by atoms with E-state index in [4.69, 9.17) is 5.84 Å². The summed E-state index contributed by atoms with van der Waals surface area (Å²) >= 11 is 0. The minimum atomic E-state index is 0. The number of hydrazine groups is 1. The van der Waals surface area contributed by atoms with Crippen LogP contribution in [-0.4, -0.2) is 11.4 Å². The second-order valence-electron chi connectivity index (χ2n) is 2.15. The molecule has 2 N–H and O–H groups in total. The Bertz CT molecular complexity index is 229. The Kier molecular flexibility index (Phi) is 4.99. The third-order valence-electron chi connectivity index (χ3n) is 1.24. The summed E-state index contributed by atoms with van der Waals surface area (Å²) in [5.74, 6) is 5.25. The first-order valence-electron chi connectivity index (χ1n) is 3.23. The van der Waals surface area contributed by atoms with E-state index in [9.17, 15) is 4.79 Å². The number of halogens is 1. The third-order valence-corrected chi connectivity index (χ3v) is 1.24. The maximum absolute atomic E-state index is 10.1. The van der Waals surface area contributed by atoms with Gasteiger partial charge in [-0.2, -0.15) is 4.57 Å². The molecule has 0 bridgehead atoms. The molecule has 0 atom stereocenters. The molecule has 0 radical (unpaired) electrons. The Labute approximate surface area is 77.0 Å². The van der Waals surface area contributed by atoms with Crippen LogP contribution in [0.5, 0.6) is 0 Å². The van der Waals surface area contributed by atoms with Crippen molar-refractivity contribution in [2.24, 2.45) is 5.84 Å². The van der Waals surface area contributed by atoms with Crippen molar-refractivity contribution in [3.63, 3.8) is 0 Å². The van der Waals surface area contributed by atoms with Crippen molar-refractivity contribution in [1.29, 1.82) is 0 Å². The van der Waals surface area contributed by atoms with Crippen molar-refractivity contribution in [3.05, 3.63) is 30.6 Å². The Morgan fingerprint density at radius 1 is 1.33 bits per heavy atom. The van der Waals surface area contributed by atoms with E-state index in [0.29, 0.717) is 13.1 Å². The summed E-state index contributed by atoms with van der Waals surface area (Å²) in [6.45, 7) is 0.379. The zero-order valence-electron chi connectivity index (χ0n) is 6.43. The van der Waals surface area contributed by atoms with Crippen LogP contribution < -0.4 is 22.8 Å². The number of nitrogens with zero attached hydrogens (tertiary/aromatic N) is 2. The molecule has 0 unspecified atom stereocenters. The summed E-state index contributed by atoms with van der Waals surface area (Å²) in [7, 11) is 0. The van der Waals surface area contributed by atoms with Crippen LogP contribution in [0.25, 0.3) is 0 Å². The molecule has 1 rings (SSSR count). The van der Waals surface area contributed by atoms with Gasteiger partial charge in [0.05, 0.1) is 0 Å². The van der Waals surface area contributed by atoms with E-state index in [-0.39, 0.29) is 12.4 Å². The van der Waals surface area contributed by atoms with Crippen LogP contribution in [0.15, 0.2) is 30.6 Å². The fraction of sp³-hybridized carbons (Fsp3) is 0.143. The van der Waals surface area contributed by atoms with Crippen LogP contribution >= 0.6 is 0 Å². The van der Waals surface area contributed by atoms with Gasteiger partial charge in [-0.1, -0.05) is 6.07 Å². The van der Waals surface area contributed by atoms with E-state index in [0.717, 1.165) is 5.01 Å². The molecule has 4 nitrogen and oxygen atoms in total. The quantitative estimate of drug-likeness (QED) is 0.174. The minimum absolute atomic E-state index is 0. The first kappa shape index (κ1) is 10.9. The molecule has 0 saturated carbocycles. The minimum Gasteiger partial charge on any atom is -1.00 e. The lowest BCUT2D eigenvalue weighted by Gasteiger charge is -2.03. The molecule has 1 amide bonds. The first-order valence-corrected chi connectivity index (χ1v) is 3.23. The number of hydrogen-bond acceptors (Lipinski definition) is 2. The van der Waals surface area contributed by atoms with E-state index in [1.165, 1.54) is 0 Å². The Hall–Kier alpha value is -1.13. The van der Waals surface area contributed by atoms with Crippen molar-refractivity contribution < 1.29 is 21.8 Å². The van der Waals surface area contributed by atoms with Gasteiger partial charge in [0.2, 0.25) is 13.1 Å². The van der Waals surface area contributed by atoms with Gasteiger partial charge in [0.15, 0.2) is 12.4 Å². The van der Waals surface area contributed by atoms with Gasteiger partial charge in [-0.25, -0.2) is 10.9 Å². The molecule has 12 heavy (non-hydrogen) atoms. The predicted molar refractivity (Wildman–Crippen MR) is 38.7 cm³/mol. The third kappa shape index (κ3) is 3.32. The zero-order chi connectivity index (χ0) is 8.10. The first-order chi connectivity index (χ1) is 5.33.